The number of carbonyl (C=O) groups excluding carboxylic acids is 1. The van der Waals surface area contributed by atoms with Gasteiger partial charge < -0.3 is 5.32 Å². The number of sulfonamides is 1. The summed E-state index contributed by atoms with van der Waals surface area (Å²) in [6.45, 7) is 2.33. The third-order valence-electron chi connectivity index (χ3n) is 4.67. The first kappa shape index (κ1) is 18.5. The number of hydrogen-bond donors (Lipinski definition) is 1. The highest BCUT2D eigenvalue weighted by Crippen LogP contribution is 2.31. The van der Waals surface area contributed by atoms with Crippen molar-refractivity contribution in [3.8, 4) is 0 Å². The van der Waals surface area contributed by atoms with Crippen LogP contribution in [0.25, 0.3) is 10.2 Å². The van der Waals surface area contributed by atoms with Crippen molar-refractivity contribution in [3.05, 3.63) is 41.3 Å². The minimum atomic E-state index is -3.66. The molecule has 1 aliphatic heterocycles. The maximum absolute atomic E-state index is 12.9. The van der Waals surface area contributed by atoms with Crippen molar-refractivity contribution in [2.75, 3.05) is 11.9 Å². The van der Waals surface area contributed by atoms with Crippen molar-refractivity contribution in [1.29, 1.82) is 0 Å². The maximum Gasteiger partial charge on any atom is 0.253 e. The van der Waals surface area contributed by atoms with Gasteiger partial charge in [-0.25, -0.2) is 13.4 Å². The summed E-state index contributed by atoms with van der Waals surface area (Å²) in [5.74, 6) is -0.313. The highest BCUT2D eigenvalue weighted by Gasteiger charge is 2.38. The Labute approximate surface area is 165 Å². The van der Waals surface area contributed by atoms with Gasteiger partial charge in [0.05, 0.1) is 10.2 Å². The van der Waals surface area contributed by atoms with E-state index < -0.39 is 16.1 Å². The average Bonchev–Trinajstić information content (AvgIpc) is 3.32. The van der Waals surface area contributed by atoms with Gasteiger partial charge >= 0.3 is 0 Å². The first-order valence-corrected chi connectivity index (χ1v) is 11.8. The van der Waals surface area contributed by atoms with E-state index in [1.165, 1.54) is 27.0 Å². The number of carbonyl (C=O) groups is 1. The lowest BCUT2D eigenvalue weighted by Gasteiger charge is -2.32. The summed E-state index contributed by atoms with van der Waals surface area (Å²) in [6, 6.07) is 8.48. The van der Waals surface area contributed by atoms with E-state index in [1.807, 2.05) is 25.1 Å². The third kappa shape index (κ3) is 3.52. The molecule has 3 aromatic rings. The molecule has 1 aliphatic rings. The molecule has 9 heteroatoms. The second-order valence-electron chi connectivity index (χ2n) is 6.49. The molecular weight excluding hydrogens is 402 g/mol. The van der Waals surface area contributed by atoms with Gasteiger partial charge in [-0.1, -0.05) is 36.0 Å². The predicted molar refractivity (Wildman–Crippen MR) is 109 cm³/mol. The van der Waals surface area contributed by atoms with E-state index in [1.54, 1.807) is 17.5 Å². The summed E-state index contributed by atoms with van der Waals surface area (Å²) in [5.41, 5.74) is 1.91. The molecule has 0 radical (unpaired) electrons. The molecule has 4 rings (SSSR count). The van der Waals surface area contributed by atoms with E-state index in [0.717, 1.165) is 28.6 Å². The van der Waals surface area contributed by atoms with Crippen LogP contribution in [0.15, 0.2) is 39.9 Å². The Bertz CT molecular complexity index is 1070. The van der Waals surface area contributed by atoms with Gasteiger partial charge in [0.2, 0.25) is 5.91 Å². The van der Waals surface area contributed by atoms with Gasteiger partial charge in [-0.2, -0.15) is 4.31 Å². The van der Waals surface area contributed by atoms with E-state index in [4.69, 9.17) is 0 Å². The molecule has 0 saturated carbocycles. The smallest absolute Gasteiger partial charge is 0.253 e. The molecule has 1 fully saturated rings. The van der Waals surface area contributed by atoms with E-state index >= 15 is 0 Å². The molecule has 0 spiro atoms. The van der Waals surface area contributed by atoms with Gasteiger partial charge in [0.25, 0.3) is 10.0 Å². The van der Waals surface area contributed by atoms with Crippen molar-refractivity contribution in [2.24, 2.45) is 0 Å². The number of piperidine rings is 1. The SMILES string of the molecule is Cc1cccc2sc(NC(=O)[C@@H]3CCCCN3S(=O)(=O)c3cccs3)nc12. The topological polar surface area (TPSA) is 79.4 Å². The maximum atomic E-state index is 12.9. The normalized spacial score (nSPS) is 18.6. The first-order valence-electron chi connectivity index (χ1n) is 8.69. The van der Waals surface area contributed by atoms with Crippen LogP contribution in [0.4, 0.5) is 5.13 Å². The van der Waals surface area contributed by atoms with E-state index in [0.29, 0.717) is 18.1 Å². The lowest BCUT2D eigenvalue weighted by Crippen LogP contribution is -2.49. The number of amides is 1. The number of nitrogens with one attached hydrogen (secondary N) is 1. The quantitative estimate of drug-likeness (QED) is 0.694. The van der Waals surface area contributed by atoms with Crippen LogP contribution in [-0.4, -0.2) is 36.2 Å². The van der Waals surface area contributed by atoms with E-state index in [-0.39, 0.29) is 10.1 Å². The molecule has 1 aromatic carbocycles. The second-order valence-corrected chi connectivity index (χ2v) is 10.6. The molecule has 1 N–H and O–H groups in total. The number of anilines is 1. The number of aryl methyl sites for hydroxylation is 1. The van der Waals surface area contributed by atoms with Gasteiger partial charge in [0, 0.05) is 6.54 Å². The highest BCUT2D eigenvalue weighted by molar-refractivity contribution is 7.91. The number of benzene rings is 1. The Balaban J connectivity index is 1.59. The number of thiazole rings is 1. The summed E-state index contributed by atoms with van der Waals surface area (Å²) in [6.07, 6.45) is 2.10. The Morgan fingerprint density at radius 3 is 2.85 bits per heavy atom. The fourth-order valence-electron chi connectivity index (χ4n) is 3.31. The lowest BCUT2D eigenvalue weighted by molar-refractivity contribution is -0.120. The van der Waals surface area contributed by atoms with Crippen molar-refractivity contribution < 1.29 is 13.2 Å². The predicted octanol–water partition coefficient (Wildman–Crippen LogP) is 3.85. The van der Waals surface area contributed by atoms with Gasteiger partial charge in [-0.05, 0) is 42.8 Å². The third-order valence-corrected chi connectivity index (χ3v) is 8.88. The van der Waals surface area contributed by atoms with Crippen molar-refractivity contribution in [2.45, 2.75) is 36.4 Å². The summed E-state index contributed by atoms with van der Waals surface area (Å²) in [5, 5.41) is 5.08. The van der Waals surface area contributed by atoms with Gasteiger partial charge in [-0.15, -0.1) is 11.3 Å². The Morgan fingerprint density at radius 2 is 2.11 bits per heavy atom. The Kier molecular flexibility index (Phi) is 5.02. The number of nitrogens with zero attached hydrogens (tertiary/aromatic N) is 2. The van der Waals surface area contributed by atoms with Gasteiger partial charge in [0.1, 0.15) is 10.3 Å². The van der Waals surface area contributed by atoms with Gasteiger partial charge in [-0.3, -0.25) is 4.79 Å². The molecule has 1 saturated heterocycles. The monoisotopic (exact) mass is 421 g/mol. The zero-order chi connectivity index (χ0) is 19.0. The summed E-state index contributed by atoms with van der Waals surface area (Å²) in [4.78, 5) is 17.4. The minimum Gasteiger partial charge on any atom is -0.301 e. The zero-order valence-corrected chi connectivity index (χ0v) is 17.2. The number of rotatable bonds is 4. The van der Waals surface area contributed by atoms with Crippen LogP contribution >= 0.6 is 22.7 Å². The van der Waals surface area contributed by atoms with Crippen molar-refractivity contribution >= 4 is 54.0 Å². The van der Waals surface area contributed by atoms with Crippen LogP contribution < -0.4 is 5.32 Å². The number of thiophene rings is 1. The highest BCUT2D eigenvalue weighted by atomic mass is 32.2. The molecule has 0 unspecified atom stereocenters. The van der Waals surface area contributed by atoms with Gasteiger partial charge in [0.15, 0.2) is 5.13 Å². The molecule has 0 bridgehead atoms. The van der Waals surface area contributed by atoms with Crippen molar-refractivity contribution in [1.82, 2.24) is 9.29 Å². The number of fused-ring (bicyclic) bond motifs is 1. The zero-order valence-electron chi connectivity index (χ0n) is 14.7. The van der Waals surface area contributed by atoms with Crippen molar-refractivity contribution in [3.63, 3.8) is 0 Å². The molecule has 0 aliphatic carbocycles. The first-order chi connectivity index (χ1) is 13.0. The van der Waals surface area contributed by atoms with Crippen LogP contribution in [0.5, 0.6) is 0 Å². The second kappa shape index (κ2) is 7.31. The molecule has 2 aromatic heterocycles. The fraction of sp³-hybridized carbons (Fsp3) is 0.333. The number of para-hydroxylation sites is 1. The lowest BCUT2D eigenvalue weighted by atomic mass is 10.0. The summed E-state index contributed by atoms with van der Waals surface area (Å²) < 4.78 is 28.5. The minimum absolute atomic E-state index is 0.276. The molecular formula is C18H19N3O3S3. The molecule has 1 atom stereocenters. The van der Waals surface area contributed by atoms with Crippen LogP contribution in [0, 0.1) is 6.92 Å². The molecule has 3 heterocycles. The molecule has 6 nitrogen and oxygen atoms in total. The van der Waals surface area contributed by atoms with E-state index in [9.17, 15) is 13.2 Å². The van der Waals surface area contributed by atoms with Crippen LogP contribution in [0.1, 0.15) is 24.8 Å². The van der Waals surface area contributed by atoms with E-state index in [2.05, 4.69) is 10.3 Å². The number of aromatic nitrogens is 1. The summed E-state index contributed by atoms with van der Waals surface area (Å²) >= 11 is 2.58. The van der Waals surface area contributed by atoms with Crippen LogP contribution in [0.3, 0.4) is 0 Å². The molecule has 1 amide bonds. The number of hydrogen-bond acceptors (Lipinski definition) is 6. The standard InChI is InChI=1S/C18H19N3O3S3/c1-12-6-4-8-14-16(12)19-18(26-14)20-17(22)13-7-2-3-10-21(13)27(23,24)15-9-5-11-25-15/h4-6,8-9,11,13H,2-3,7,10H2,1H3,(H,19,20,22)/t13-/m0/s1. The fourth-order valence-corrected chi connectivity index (χ4v) is 7.03. The van der Waals surface area contributed by atoms with Crippen LogP contribution in [-0.2, 0) is 14.8 Å². The average molecular weight is 422 g/mol. The molecule has 142 valence electrons. The largest absolute Gasteiger partial charge is 0.301 e. The summed E-state index contributed by atoms with van der Waals surface area (Å²) in [7, 11) is -3.66. The Hall–Kier alpha value is -1.81. The molecule has 27 heavy (non-hydrogen) atoms. The Morgan fingerprint density at radius 1 is 1.26 bits per heavy atom. The van der Waals surface area contributed by atoms with Crippen LogP contribution in [0.2, 0.25) is 0 Å².